The van der Waals surface area contributed by atoms with E-state index in [-0.39, 0.29) is 29.0 Å². The Labute approximate surface area is 143 Å². The molecule has 0 aliphatic carbocycles. The second kappa shape index (κ2) is 6.66. The number of nitrogens with zero attached hydrogens (tertiary/aromatic N) is 3. The largest absolute Gasteiger partial charge is 0.350 e. The summed E-state index contributed by atoms with van der Waals surface area (Å²) in [6.45, 7) is 10.1. The van der Waals surface area contributed by atoms with E-state index in [1.807, 2.05) is 34.6 Å². The molecule has 1 aromatic rings. The zero-order chi connectivity index (χ0) is 18.1. The van der Waals surface area contributed by atoms with Gasteiger partial charge in [0.15, 0.2) is 9.84 Å². The maximum atomic E-state index is 12.9. The summed E-state index contributed by atoms with van der Waals surface area (Å²) in [5.41, 5.74) is 0.758. The average molecular weight is 354 g/mol. The first kappa shape index (κ1) is 18.6. The molecule has 0 saturated carbocycles. The van der Waals surface area contributed by atoms with Crippen molar-refractivity contribution >= 4 is 21.7 Å². The van der Waals surface area contributed by atoms with Crippen molar-refractivity contribution in [2.75, 3.05) is 23.4 Å². The van der Waals surface area contributed by atoms with Gasteiger partial charge in [0.05, 0.1) is 11.5 Å². The van der Waals surface area contributed by atoms with Gasteiger partial charge < -0.3 is 10.2 Å². The highest BCUT2D eigenvalue weighted by Crippen LogP contribution is 2.20. The molecule has 0 aromatic carbocycles. The van der Waals surface area contributed by atoms with Gasteiger partial charge in [0.2, 0.25) is 5.95 Å². The van der Waals surface area contributed by atoms with Crippen molar-refractivity contribution in [2.45, 2.75) is 52.6 Å². The number of anilines is 1. The van der Waals surface area contributed by atoms with Crippen LogP contribution >= 0.6 is 0 Å². The molecule has 1 aliphatic heterocycles. The van der Waals surface area contributed by atoms with E-state index in [9.17, 15) is 13.2 Å². The van der Waals surface area contributed by atoms with Gasteiger partial charge in [0, 0.05) is 23.8 Å². The van der Waals surface area contributed by atoms with E-state index in [1.54, 1.807) is 11.0 Å². The maximum Gasteiger partial charge on any atom is 0.272 e. The zero-order valence-corrected chi connectivity index (χ0v) is 15.8. The van der Waals surface area contributed by atoms with Crippen LogP contribution in [0.5, 0.6) is 0 Å². The fourth-order valence-corrected chi connectivity index (χ4v) is 4.54. The van der Waals surface area contributed by atoms with E-state index in [4.69, 9.17) is 0 Å². The van der Waals surface area contributed by atoms with Crippen LogP contribution in [0.1, 0.15) is 50.3 Å². The Bertz CT molecular complexity index is 725. The van der Waals surface area contributed by atoms with Crippen LogP contribution in [0.25, 0.3) is 0 Å². The van der Waals surface area contributed by atoms with Crippen LogP contribution in [-0.2, 0) is 9.84 Å². The van der Waals surface area contributed by atoms with E-state index < -0.39 is 9.84 Å². The fourth-order valence-electron chi connectivity index (χ4n) is 2.81. The van der Waals surface area contributed by atoms with Gasteiger partial charge in [-0.1, -0.05) is 0 Å². The van der Waals surface area contributed by atoms with Crippen molar-refractivity contribution in [1.29, 1.82) is 0 Å². The van der Waals surface area contributed by atoms with Crippen molar-refractivity contribution < 1.29 is 13.2 Å². The Balaban J connectivity index is 2.27. The zero-order valence-electron chi connectivity index (χ0n) is 15.0. The highest BCUT2D eigenvalue weighted by Gasteiger charge is 2.34. The maximum absolute atomic E-state index is 12.9. The second-order valence-electron chi connectivity index (χ2n) is 7.24. The molecule has 134 valence electrons. The van der Waals surface area contributed by atoms with Gasteiger partial charge in [-0.3, -0.25) is 4.79 Å². The molecule has 0 radical (unpaired) electrons. The van der Waals surface area contributed by atoms with Gasteiger partial charge in [-0.15, -0.1) is 0 Å². The molecule has 1 unspecified atom stereocenters. The summed E-state index contributed by atoms with van der Waals surface area (Å²) >= 11 is 0. The molecule has 24 heavy (non-hydrogen) atoms. The molecular weight excluding hydrogens is 328 g/mol. The van der Waals surface area contributed by atoms with Gasteiger partial charge in [-0.05, 0) is 47.1 Å². The van der Waals surface area contributed by atoms with Crippen molar-refractivity contribution in [3.05, 3.63) is 17.5 Å². The van der Waals surface area contributed by atoms with Crippen LogP contribution in [0.15, 0.2) is 6.07 Å². The lowest BCUT2D eigenvalue weighted by Gasteiger charge is -2.27. The van der Waals surface area contributed by atoms with Crippen LogP contribution < -0.4 is 5.32 Å². The fraction of sp³-hybridized carbons (Fsp3) is 0.688. The molecule has 0 bridgehead atoms. The second-order valence-corrected chi connectivity index (χ2v) is 9.47. The van der Waals surface area contributed by atoms with Crippen molar-refractivity contribution in [3.63, 3.8) is 0 Å². The molecule has 1 saturated heterocycles. The standard InChI is InChI=1S/C16H26N4O3S/c1-6-20(12-7-8-24(22,23)10-12)14(21)13-9-11(2)17-15(18-13)19-16(3,4)5/h9,12H,6-8,10H2,1-5H3,(H,17,18,19). The van der Waals surface area contributed by atoms with Gasteiger partial charge >= 0.3 is 0 Å². The highest BCUT2D eigenvalue weighted by molar-refractivity contribution is 7.91. The smallest absolute Gasteiger partial charge is 0.272 e. The van der Waals surface area contributed by atoms with Crippen LogP contribution in [0.4, 0.5) is 5.95 Å². The Hall–Kier alpha value is -1.70. The number of nitrogens with one attached hydrogen (secondary N) is 1. The molecule has 7 nitrogen and oxygen atoms in total. The lowest BCUT2D eigenvalue weighted by molar-refractivity contribution is 0.0702. The molecule has 1 N–H and O–H groups in total. The number of amides is 1. The minimum absolute atomic E-state index is 0.0315. The number of aromatic nitrogens is 2. The Morgan fingerprint density at radius 3 is 2.54 bits per heavy atom. The predicted molar refractivity (Wildman–Crippen MR) is 93.9 cm³/mol. The molecule has 2 rings (SSSR count). The van der Waals surface area contributed by atoms with Gasteiger partial charge in [0.25, 0.3) is 5.91 Å². The summed E-state index contributed by atoms with van der Waals surface area (Å²) < 4.78 is 23.4. The van der Waals surface area contributed by atoms with Gasteiger partial charge in [-0.2, -0.15) is 0 Å². The monoisotopic (exact) mass is 354 g/mol. The molecule has 0 spiro atoms. The van der Waals surface area contributed by atoms with Crippen molar-refractivity contribution in [3.8, 4) is 0 Å². The molecule has 1 aliphatic rings. The number of sulfone groups is 1. The van der Waals surface area contributed by atoms with E-state index in [1.165, 1.54) is 0 Å². The summed E-state index contributed by atoms with van der Waals surface area (Å²) in [6.07, 6.45) is 0.485. The lowest BCUT2D eigenvalue weighted by Crippen LogP contribution is -2.41. The number of aryl methyl sites for hydroxylation is 1. The average Bonchev–Trinajstić information content (AvgIpc) is 2.77. The van der Waals surface area contributed by atoms with E-state index in [0.29, 0.717) is 30.3 Å². The van der Waals surface area contributed by atoms with Crippen molar-refractivity contribution in [2.24, 2.45) is 0 Å². The normalized spacial score (nSPS) is 20.0. The molecule has 8 heteroatoms. The molecule has 1 amide bonds. The number of carbonyl (C=O) groups excluding carboxylic acids is 1. The molecular formula is C16H26N4O3S. The first-order valence-electron chi connectivity index (χ1n) is 8.16. The predicted octanol–water partition coefficient (Wildman–Crippen LogP) is 1.64. The quantitative estimate of drug-likeness (QED) is 0.884. The van der Waals surface area contributed by atoms with Gasteiger partial charge in [-0.25, -0.2) is 18.4 Å². The highest BCUT2D eigenvalue weighted by atomic mass is 32.2. The molecule has 1 aromatic heterocycles. The first-order chi connectivity index (χ1) is 11.0. The SMILES string of the molecule is CCN(C(=O)c1cc(C)nc(NC(C)(C)C)n1)C1CCS(=O)(=O)C1. The lowest BCUT2D eigenvalue weighted by atomic mass is 10.1. The topological polar surface area (TPSA) is 92.3 Å². The third kappa shape index (κ3) is 4.66. The van der Waals surface area contributed by atoms with E-state index >= 15 is 0 Å². The summed E-state index contributed by atoms with van der Waals surface area (Å²) in [7, 11) is -3.05. The number of hydrogen-bond donors (Lipinski definition) is 1. The molecule has 1 fully saturated rings. The first-order valence-corrected chi connectivity index (χ1v) is 9.98. The number of rotatable bonds is 4. The minimum atomic E-state index is -3.05. The summed E-state index contributed by atoms with van der Waals surface area (Å²) in [6, 6.07) is 1.37. The summed E-state index contributed by atoms with van der Waals surface area (Å²) in [4.78, 5) is 23.1. The van der Waals surface area contributed by atoms with Crippen molar-refractivity contribution in [1.82, 2.24) is 14.9 Å². The number of hydrogen-bond acceptors (Lipinski definition) is 6. The van der Waals surface area contributed by atoms with E-state index in [0.717, 1.165) is 0 Å². The third-order valence-corrected chi connectivity index (χ3v) is 5.56. The number of carbonyl (C=O) groups is 1. The molecule has 2 heterocycles. The summed E-state index contributed by atoms with van der Waals surface area (Å²) in [5, 5.41) is 3.17. The Morgan fingerprint density at radius 2 is 2.04 bits per heavy atom. The van der Waals surface area contributed by atoms with Crippen LogP contribution in [0, 0.1) is 6.92 Å². The third-order valence-electron chi connectivity index (χ3n) is 3.81. The van der Waals surface area contributed by atoms with Gasteiger partial charge in [0.1, 0.15) is 5.69 Å². The molecule has 1 atom stereocenters. The summed E-state index contributed by atoms with van der Waals surface area (Å²) in [5.74, 6) is 0.327. The minimum Gasteiger partial charge on any atom is -0.350 e. The van der Waals surface area contributed by atoms with E-state index in [2.05, 4.69) is 15.3 Å². The Morgan fingerprint density at radius 1 is 1.38 bits per heavy atom. The van der Waals surface area contributed by atoms with Crippen LogP contribution in [0.2, 0.25) is 0 Å². The van der Waals surface area contributed by atoms with Crippen LogP contribution in [-0.4, -0.2) is 58.8 Å². The van der Waals surface area contributed by atoms with Crippen LogP contribution in [0.3, 0.4) is 0 Å². The Kier molecular flexibility index (Phi) is 5.17.